The molecular weight excluding hydrogens is 430 g/mol. The predicted octanol–water partition coefficient (Wildman–Crippen LogP) is 4.62. The zero-order valence-corrected chi connectivity index (χ0v) is 17.9. The second kappa shape index (κ2) is 8.21. The molecular formula is C24H21BrNO3+. The van der Waals surface area contributed by atoms with E-state index in [2.05, 4.69) is 32.6 Å². The van der Waals surface area contributed by atoms with E-state index in [1.54, 1.807) is 20.3 Å². The summed E-state index contributed by atoms with van der Waals surface area (Å²) >= 11 is 3.51. The number of carbonyl (C=O) groups excluding carboxylic acids is 1. The lowest BCUT2D eigenvalue weighted by molar-refractivity contribution is -0.688. The van der Waals surface area contributed by atoms with E-state index < -0.39 is 0 Å². The number of aromatic nitrogens is 1. The van der Waals surface area contributed by atoms with Crippen molar-refractivity contribution in [3.63, 3.8) is 0 Å². The molecule has 4 rings (SSSR count). The maximum atomic E-state index is 12.8. The topological polar surface area (TPSA) is 39.4 Å². The molecule has 1 heterocycles. The number of benzene rings is 2. The molecule has 1 aliphatic rings. The van der Waals surface area contributed by atoms with E-state index in [0.717, 1.165) is 27.7 Å². The first kappa shape index (κ1) is 19.4. The smallest absolute Gasteiger partial charge is 0.189 e. The van der Waals surface area contributed by atoms with Crippen LogP contribution in [-0.2, 0) is 13.0 Å². The highest BCUT2D eigenvalue weighted by Crippen LogP contribution is 2.36. The molecule has 0 saturated heterocycles. The van der Waals surface area contributed by atoms with Crippen LogP contribution in [0.25, 0.3) is 6.08 Å². The number of rotatable bonds is 5. The quantitative estimate of drug-likeness (QED) is 0.420. The Kier molecular flexibility index (Phi) is 5.49. The number of methoxy groups -OCH3 is 2. The van der Waals surface area contributed by atoms with E-state index in [1.807, 2.05) is 48.8 Å². The number of hydrogen-bond acceptors (Lipinski definition) is 3. The summed E-state index contributed by atoms with van der Waals surface area (Å²) in [6, 6.07) is 16.0. The number of allylic oxidation sites excluding steroid dienone is 1. The maximum absolute atomic E-state index is 12.8. The summed E-state index contributed by atoms with van der Waals surface area (Å²) < 4.78 is 13.9. The van der Waals surface area contributed by atoms with Crippen LogP contribution >= 0.6 is 15.9 Å². The Morgan fingerprint density at radius 1 is 1.03 bits per heavy atom. The van der Waals surface area contributed by atoms with Crippen molar-refractivity contribution in [3.05, 3.63) is 93.2 Å². The van der Waals surface area contributed by atoms with Gasteiger partial charge in [-0.25, -0.2) is 4.57 Å². The Labute approximate surface area is 178 Å². The number of pyridine rings is 1. The van der Waals surface area contributed by atoms with Gasteiger partial charge in [-0.15, -0.1) is 0 Å². The first-order valence-corrected chi connectivity index (χ1v) is 10.1. The van der Waals surface area contributed by atoms with Crippen LogP contribution in [0.15, 0.2) is 71.0 Å². The number of nitrogens with zero attached hydrogens (tertiary/aromatic N) is 1. The molecule has 0 saturated carbocycles. The lowest BCUT2D eigenvalue weighted by Crippen LogP contribution is -2.33. The van der Waals surface area contributed by atoms with Crippen molar-refractivity contribution in [2.45, 2.75) is 13.0 Å². The number of hydrogen-bond donors (Lipinski definition) is 0. The predicted molar refractivity (Wildman–Crippen MR) is 115 cm³/mol. The fourth-order valence-electron chi connectivity index (χ4n) is 3.57. The molecule has 2 aromatic carbocycles. The zero-order chi connectivity index (χ0) is 20.4. The van der Waals surface area contributed by atoms with Crippen LogP contribution in [0.3, 0.4) is 0 Å². The number of Topliss-reactive ketones (excluding diaryl/α,β-unsaturated/α-hetero) is 1. The van der Waals surface area contributed by atoms with Crippen molar-refractivity contribution in [2.24, 2.45) is 0 Å². The van der Waals surface area contributed by atoms with Crippen molar-refractivity contribution >= 4 is 27.8 Å². The molecule has 0 radical (unpaired) electrons. The van der Waals surface area contributed by atoms with E-state index in [1.165, 1.54) is 5.56 Å². The first-order chi connectivity index (χ1) is 14.1. The van der Waals surface area contributed by atoms with Gasteiger partial charge in [-0.3, -0.25) is 4.79 Å². The third kappa shape index (κ3) is 4.10. The van der Waals surface area contributed by atoms with Crippen molar-refractivity contribution in [3.8, 4) is 11.5 Å². The van der Waals surface area contributed by atoms with Crippen LogP contribution in [-0.4, -0.2) is 20.0 Å². The van der Waals surface area contributed by atoms with Gasteiger partial charge in [0, 0.05) is 39.7 Å². The van der Waals surface area contributed by atoms with Gasteiger partial charge < -0.3 is 9.47 Å². The molecule has 29 heavy (non-hydrogen) atoms. The van der Waals surface area contributed by atoms with Gasteiger partial charge in [0.05, 0.1) is 14.2 Å². The minimum Gasteiger partial charge on any atom is -0.493 e. The van der Waals surface area contributed by atoms with Crippen LogP contribution in [0.2, 0.25) is 0 Å². The summed E-state index contributed by atoms with van der Waals surface area (Å²) in [7, 11) is 3.18. The van der Waals surface area contributed by atoms with E-state index in [0.29, 0.717) is 23.5 Å². The third-order valence-electron chi connectivity index (χ3n) is 5.04. The molecule has 3 aromatic rings. The van der Waals surface area contributed by atoms with Gasteiger partial charge in [-0.2, -0.15) is 0 Å². The molecule has 1 aliphatic carbocycles. The highest BCUT2D eigenvalue weighted by molar-refractivity contribution is 9.10. The number of fused-ring (bicyclic) bond motifs is 1. The van der Waals surface area contributed by atoms with E-state index in [4.69, 9.17) is 9.47 Å². The first-order valence-electron chi connectivity index (χ1n) is 9.31. The third-order valence-corrected chi connectivity index (χ3v) is 5.53. The highest BCUT2D eigenvalue weighted by atomic mass is 79.9. The summed E-state index contributed by atoms with van der Waals surface area (Å²) in [5.41, 5.74) is 4.67. The van der Waals surface area contributed by atoms with Crippen molar-refractivity contribution in [1.29, 1.82) is 0 Å². The Bertz CT molecular complexity index is 1100. The molecule has 0 unspecified atom stereocenters. The zero-order valence-electron chi connectivity index (χ0n) is 16.3. The van der Waals surface area contributed by atoms with Crippen molar-refractivity contribution < 1.29 is 18.8 Å². The van der Waals surface area contributed by atoms with E-state index in [-0.39, 0.29) is 5.78 Å². The van der Waals surface area contributed by atoms with Crippen LogP contribution in [0.4, 0.5) is 0 Å². The summed E-state index contributed by atoms with van der Waals surface area (Å²) in [6.07, 6.45) is 6.63. The summed E-state index contributed by atoms with van der Waals surface area (Å²) in [5.74, 6) is 1.27. The minimum atomic E-state index is 0.0480. The lowest BCUT2D eigenvalue weighted by Gasteiger charge is -2.08. The van der Waals surface area contributed by atoms with Gasteiger partial charge >= 0.3 is 0 Å². The summed E-state index contributed by atoms with van der Waals surface area (Å²) in [4.78, 5) is 12.8. The van der Waals surface area contributed by atoms with Gasteiger partial charge in [0.2, 0.25) is 0 Å². The molecule has 0 spiro atoms. The normalized spacial score (nSPS) is 14.2. The molecule has 0 amide bonds. The summed E-state index contributed by atoms with van der Waals surface area (Å²) in [5, 5.41) is 0. The van der Waals surface area contributed by atoms with E-state index in [9.17, 15) is 4.79 Å². The molecule has 1 aromatic heterocycles. The van der Waals surface area contributed by atoms with Gasteiger partial charge in [0.25, 0.3) is 0 Å². The average molecular weight is 451 g/mol. The Morgan fingerprint density at radius 3 is 2.45 bits per heavy atom. The Balaban J connectivity index is 1.54. The van der Waals surface area contributed by atoms with E-state index >= 15 is 0 Å². The fraction of sp³-hybridized carbons (Fsp3) is 0.167. The highest BCUT2D eigenvalue weighted by Gasteiger charge is 2.27. The average Bonchev–Trinajstić information content (AvgIpc) is 3.03. The van der Waals surface area contributed by atoms with Gasteiger partial charge in [-0.05, 0) is 41.5 Å². The fourth-order valence-corrected chi connectivity index (χ4v) is 4.02. The van der Waals surface area contributed by atoms with Gasteiger partial charge in [0.15, 0.2) is 36.2 Å². The second-order valence-electron chi connectivity index (χ2n) is 6.97. The van der Waals surface area contributed by atoms with Crippen LogP contribution in [0.1, 0.15) is 27.0 Å². The van der Waals surface area contributed by atoms with Gasteiger partial charge in [0.1, 0.15) is 0 Å². The van der Waals surface area contributed by atoms with Crippen LogP contribution in [0.5, 0.6) is 11.5 Å². The molecule has 0 N–H and O–H groups in total. The molecule has 5 heteroatoms. The van der Waals surface area contributed by atoms with Crippen molar-refractivity contribution in [2.75, 3.05) is 14.2 Å². The van der Waals surface area contributed by atoms with Gasteiger partial charge in [-0.1, -0.05) is 28.1 Å². The Hall–Kier alpha value is -2.92. The van der Waals surface area contributed by atoms with Crippen molar-refractivity contribution in [1.82, 2.24) is 0 Å². The van der Waals surface area contributed by atoms with Crippen LogP contribution < -0.4 is 14.0 Å². The second-order valence-corrected chi connectivity index (χ2v) is 7.89. The summed E-state index contributed by atoms with van der Waals surface area (Å²) in [6.45, 7) is 0.792. The lowest BCUT2D eigenvalue weighted by atomic mass is 10.1. The number of ether oxygens (including phenoxy) is 2. The maximum Gasteiger partial charge on any atom is 0.189 e. The molecule has 4 nitrogen and oxygen atoms in total. The Morgan fingerprint density at radius 2 is 1.76 bits per heavy atom. The molecule has 0 bridgehead atoms. The number of carbonyl (C=O) groups is 1. The molecule has 0 aliphatic heterocycles. The van der Waals surface area contributed by atoms with Crippen LogP contribution in [0, 0.1) is 0 Å². The number of halogens is 1. The standard InChI is InChI=1S/C24H21BrNO3/c1-28-22-13-18-12-19(24(27)21(18)14-23(22)29-2)10-16-6-8-26(9-7-16)15-17-4-3-5-20(25)11-17/h3-11,13-14H,12,15H2,1-2H3/q+1. The molecule has 146 valence electrons. The SMILES string of the molecule is COc1cc2c(cc1OC)C(=O)C(=Cc1cc[n+](Cc3cccc(Br)c3)cc1)C2. The molecule has 0 fully saturated rings. The number of ketones is 1. The monoisotopic (exact) mass is 450 g/mol. The molecule has 0 atom stereocenters. The largest absolute Gasteiger partial charge is 0.493 e. The minimum absolute atomic E-state index is 0.0480.